The summed E-state index contributed by atoms with van der Waals surface area (Å²) in [5.41, 5.74) is 2.96. The molecule has 3 heterocycles. The molecule has 1 aromatic heterocycles. The van der Waals surface area contributed by atoms with E-state index in [0.717, 1.165) is 42.5 Å². The fraction of sp³-hybridized carbons (Fsp3) is 0.333. The molecule has 2 N–H and O–H groups in total. The third kappa shape index (κ3) is 3.66. The number of carbonyl (C=O) groups is 1. The number of hydrogen-bond donors (Lipinski definition) is 2. The SMILES string of the molecule is O=C1NC(=NC2CCCCOC2)N/C1=C\c1ccc2nccnc2c1. The van der Waals surface area contributed by atoms with Gasteiger partial charge in [0.05, 0.1) is 23.7 Å². The maximum Gasteiger partial charge on any atom is 0.274 e. The Morgan fingerprint density at radius 3 is 2.96 bits per heavy atom. The van der Waals surface area contributed by atoms with E-state index < -0.39 is 0 Å². The second-order valence-electron chi connectivity index (χ2n) is 6.14. The molecule has 4 rings (SSSR count). The van der Waals surface area contributed by atoms with Crippen LogP contribution in [0.5, 0.6) is 0 Å². The molecule has 0 aliphatic carbocycles. The number of rotatable bonds is 2. The lowest BCUT2D eigenvalue weighted by Gasteiger charge is -2.09. The van der Waals surface area contributed by atoms with Crippen LogP contribution in [0.4, 0.5) is 0 Å². The number of nitrogens with one attached hydrogen (secondary N) is 2. The molecule has 0 spiro atoms. The first-order valence-corrected chi connectivity index (χ1v) is 8.44. The fourth-order valence-corrected chi connectivity index (χ4v) is 2.96. The molecule has 1 aromatic carbocycles. The van der Waals surface area contributed by atoms with Gasteiger partial charge in [0.1, 0.15) is 5.70 Å². The molecule has 7 nitrogen and oxygen atoms in total. The maximum absolute atomic E-state index is 12.2. The molecule has 2 saturated heterocycles. The van der Waals surface area contributed by atoms with Crippen LogP contribution in [-0.2, 0) is 9.53 Å². The molecule has 2 aliphatic heterocycles. The minimum absolute atomic E-state index is 0.0839. The predicted octanol–water partition coefficient (Wildman–Crippen LogP) is 1.62. The van der Waals surface area contributed by atoms with Crippen molar-refractivity contribution in [2.45, 2.75) is 25.3 Å². The number of aliphatic imine (C=N–C) groups is 1. The van der Waals surface area contributed by atoms with Gasteiger partial charge in [-0.1, -0.05) is 6.07 Å². The Morgan fingerprint density at radius 2 is 2.04 bits per heavy atom. The summed E-state index contributed by atoms with van der Waals surface area (Å²) in [6.45, 7) is 1.39. The van der Waals surface area contributed by atoms with Gasteiger partial charge < -0.3 is 10.1 Å². The first kappa shape index (κ1) is 15.7. The predicted molar refractivity (Wildman–Crippen MR) is 94.7 cm³/mol. The monoisotopic (exact) mass is 337 g/mol. The number of nitrogens with zero attached hydrogens (tertiary/aromatic N) is 3. The van der Waals surface area contributed by atoms with Crippen LogP contribution < -0.4 is 10.6 Å². The minimum atomic E-state index is -0.187. The molecule has 128 valence electrons. The normalized spacial score (nSPS) is 24.3. The van der Waals surface area contributed by atoms with E-state index in [1.54, 1.807) is 18.5 Å². The number of guanidine groups is 1. The number of carbonyl (C=O) groups excluding carboxylic acids is 1. The van der Waals surface area contributed by atoms with E-state index >= 15 is 0 Å². The van der Waals surface area contributed by atoms with Crippen molar-refractivity contribution in [3.8, 4) is 0 Å². The third-order valence-electron chi connectivity index (χ3n) is 4.23. The molecule has 0 saturated carbocycles. The van der Waals surface area contributed by atoms with Crippen molar-refractivity contribution in [3.05, 3.63) is 41.9 Å². The molecule has 25 heavy (non-hydrogen) atoms. The van der Waals surface area contributed by atoms with E-state index in [1.165, 1.54) is 0 Å². The number of hydrogen-bond acceptors (Lipinski definition) is 5. The van der Waals surface area contributed by atoms with Crippen LogP contribution in [0.3, 0.4) is 0 Å². The van der Waals surface area contributed by atoms with Crippen molar-refractivity contribution >= 4 is 29.0 Å². The molecule has 2 fully saturated rings. The molecule has 1 atom stereocenters. The molecule has 7 heteroatoms. The highest BCUT2D eigenvalue weighted by molar-refractivity contribution is 6.15. The zero-order valence-corrected chi connectivity index (χ0v) is 13.7. The lowest BCUT2D eigenvalue weighted by atomic mass is 10.1. The topological polar surface area (TPSA) is 88.5 Å². The summed E-state index contributed by atoms with van der Waals surface area (Å²) in [5.74, 6) is 0.305. The van der Waals surface area contributed by atoms with Gasteiger partial charge in [-0.15, -0.1) is 0 Å². The third-order valence-corrected chi connectivity index (χ3v) is 4.23. The second-order valence-corrected chi connectivity index (χ2v) is 6.14. The Balaban J connectivity index is 1.53. The first-order chi connectivity index (χ1) is 12.3. The van der Waals surface area contributed by atoms with Crippen molar-refractivity contribution < 1.29 is 9.53 Å². The highest BCUT2D eigenvalue weighted by Gasteiger charge is 2.23. The van der Waals surface area contributed by atoms with Crippen LogP contribution in [0, 0.1) is 0 Å². The van der Waals surface area contributed by atoms with E-state index in [9.17, 15) is 4.79 Å². The highest BCUT2D eigenvalue weighted by atomic mass is 16.5. The Labute approximate surface area is 145 Å². The Bertz CT molecular complexity index is 853. The number of fused-ring (bicyclic) bond motifs is 1. The quantitative estimate of drug-likeness (QED) is 0.813. The molecule has 1 amide bonds. The van der Waals surface area contributed by atoms with Crippen LogP contribution in [0.15, 0.2) is 41.3 Å². The Morgan fingerprint density at radius 1 is 1.16 bits per heavy atom. The van der Waals surface area contributed by atoms with Crippen molar-refractivity contribution in [1.82, 2.24) is 20.6 Å². The van der Waals surface area contributed by atoms with Gasteiger partial charge in [-0.25, -0.2) is 4.99 Å². The van der Waals surface area contributed by atoms with Gasteiger partial charge in [0.25, 0.3) is 5.91 Å². The number of ether oxygens (including phenoxy) is 1. The van der Waals surface area contributed by atoms with Gasteiger partial charge in [-0.05, 0) is 43.0 Å². The van der Waals surface area contributed by atoms with Crippen LogP contribution in [-0.4, -0.2) is 41.1 Å². The first-order valence-electron chi connectivity index (χ1n) is 8.44. The largest absolute Gasteiger partial charge is 0.379 e. The second kappa shape index (κ2) is 6.98. The van der Waals surface area contributed by atoms with Crippen LogP contribution >= 0.6 is 0 Å². The van der Waals surface area contributed by atoms with E-state index in [0.29, 0.717) is 18.3 Å². The number of amides is 1. The molecular weight excluding hydrogens is 318 g/mol. The van der Waals surface area contributed by atoms with Crippen molar-refractivity contribution in [2.24, 2.45) is 4.99 Å². The summed E-state index contributed by atoms with van der Waals surface area (Å²) in [4.78, 5) is 25.3. The lowest BCUT2D eigenvalue weighted by molar-refractivity contribution is -0.115. The summed E-state index contributed by atoms with van der Waals surface area (Å²) in [5, 5.41) is 5.84. The summed E-state index contributed by atoms with van der Waals surface area (Å²) < 4.78 is 5.53. The standard InChI is InChI=1S/C18H19N5O2/c24-17-16(10-12-4-5-14-15(9-12)20-7-6-19-14)22-18(23-17)21-13-3-1-2-8-25-11-13/h4-7,9-10,13H,1-3,8,11H2,(H2,21,22,23,24)/b16-10-. The zero-order valence-electron chi connectivity index (χ0n) is 13.7. The average molecular weight is 337 g/mol. The summed E-state index contributed by atoms with van der Waals surface area (Å²) in [6, 6.07) is 5.78. The number of benzene rings is 1. The highest BCUT2D eigenvalue weighted by Crippen LogP contribution is 2.15. The summed E-state index contributed by atoms with van der Waals surface area (Å²) in [7, 11) is 0. The van der Waals surface area contributed by atoms with E-state index in [-0.39, 0.29) is 11.9 Å². The van der Waals surface area contributed by atoms with Gasteiger partial charge in [0.2, 0.25) is 5.96 Å². The Hall–Kier alpha value is -2.80. The summed E-state index contributed by atoms with van der Waals surface area (Å²) >= 11 is 0. The lowest BCUT2D eigenvalue weighted by Crippen LogP contribution is -2.28. The fourth-order valence-electron chi connectivity index (χ4n) is 2.96. The van der Waals surface area contributed by atoms with E-state index in [1.807, 2.05) is 18.2 Å². The summed E-state index contributed by atoms with van der Waals surface area (Å²) in [6.07, 6.45) is 8.23. The molecule has 2 aliphatic rings. The molecule has 0 radical (unpaired) electrons. The van der Waals surface area contributed by atoms with Gasteiger partial charge >= 0.3 is 0 Å². The van der Waals surface area contributed by atoms with E-state index in [4.69, 9.17) is 4.74 Å². The van der Waals surface area contributed by atoms with Crippen LogP contribution in [0.25, 0.3) is 17.1 Å². The Kier molecular flexibility index (Phi) is 4.39. The van der Waals surface area contributed by atoms with Crippen LogP contribution in [0.2, 0.25) is 0 Å². The maximum atomic E-state index is 12.2. The van der Waals surface area contributed by atoms with Gasteiger partial charge in [0.15, 0.2) is 0 Å². The molecular formula is C18H19N5O2. The molecule has 1 unspecified atom stereocenters. The smallest absolute Gasteiger partial charge is 0.274 e. The van der Waals surface area contributed by atoms with Crippen molar-refractivity contribution in [1.29, 1.82) is 0 Å². The minimum Gasteiger partial charge on any atom is -0.379 e. The van der Waals surface area contributed by atoms with Gasteiger partial charge in [-0.3, -0.25) is 20.1 Å². The van der Waals surface area contributed by atoms with Gasteiger partial charge in [-0.2, -0.15) is 0 Å². The van der Waals surface area contributed by atoms with E-state index in [2.05, 4.69) is 25.6 Å². The zero-order chi connectivity index (χ0) is 17.1. The molecule has 0 bridgehead atoms. The van der Waals surface area contributed by atoms with Crippen molar-refractivity contribution in [3.63, 3.8) is 0 Å². The van der Waals surface area contributed by atoms with Gasteiger partial charge in [0, 0.05) is 19.0 Å². The number of aromatic nitrogens is 2. The molecule has 2 aromatic rings. The van der Waals surface area contributed by atoms with Crippen LogP contribution in [0.1, 0.15) is 24.8 Å². The van der Waals surface area contributed by atoms with Crippen molar-refractivity contribution in [2.75, 3.05) is 13.2 Å². The average Bonchev–Trinajstić information content (AvgIpc) is 2.82.